The van der Waals surface area contributed by atoms with Crippen LogP contribution in [0.1, 0.15) is 41.7 Å². The third-order valence-electron chi connectivity index (χ3n) is 4.13. The Morgan fingerprint density at radius 2 is 2.07 bits per heavy atom. The summed E-state index contributed by atoms with van der Waals surface area (Å²) in [6.45, 7) is 6.54. The second-order valence-corrected chi connectivity index (χ2v) is 7.58. The van der Waals surface area contributed by atoms with Crippen LogP contribution in [0.25, 0.3) is 11.0 Å². The Balaban J connectivity index is 1.67. The molecule has 3 aromatic rings. The minimum absolute atomic E-state index is 0.0133. The first-order valence-electron chi connectivity index (χ1n) is 9.21. The van der Waals surface area contributed by atoms with E-state index in [1.807, 2.05) is 20.8 Å². The van der Waals surface area contributed by atoms with Gasteiger partial charge in [0, 0.05) is 10.8 Å². The van der Waals surface area contributed by atoms with Crippen molar-refractivity contribution in [1.82, 2.24) is 25.0 Å². The molecular formula is C19H24N6O4. The van der Waals surface area contributed by atoms with Crippen LogP contribution in [0.4, 0.5) is 5.69 Å². The van der Waals surface area contributed by atoms with Crippen LogP contribution in [0, 0.1) is 5.41 Å². The van der Waals surface area contributed by atoms with E-state index >= 15 is 0 Å². The summed E-state index contributed by atoms with van der Waals surface area (Å²) in [5.41, 5.74) is 1.19. The van der Waals surface area contributed by atoms with Gasteiger partial charge in [-0.05, 0) is 12.1 Å². The van der Waals surface area contributed by atoms with E-state index in [1.165, 1.54) is 17.1 Å². The second-order valence-electron chi connectivity index (χ2n) is 7.58. The molecule has 29 heavy (non-hydrogen) atoms. The Morgan fingerprint density at radius 3 is 2.79 bits per heavy atom. The van der Waals surface area contributed by atoms with E-state index in [2.05, 4.69) is 25.6 Å². The summed E-state index contributed by atoms with van der Waals surface area (Å²) in [4.78, 5) is 32.1. The van der Waals surface area contributed by atoms with Crippen molar-refractivity contribution >= 4 is 28.4 Å². The molecule has 0 spiro atoms. The van der Waals surface area contributed by atoms with Crippen LogP contribution >= 0.6 is 0 Å². The molecule has 0 unspecified atom stereocenters. The van der Waals surface area contributed by atoms with E-state index in [4.69, 9.17) is 9.84 Å². The van der Waals surface area contributed by atoms with E-state index in [0.29, 0.717) is 30.2 Å². The molecular weight excluding hydrogens is 376 g/mol. The molecule has 0 bridgehead atoms. The fourth-order valence-corrected chi connectivity index (χ4v) is 2.64. The number of aromatic amines is 1. The number of aliphatic hydroxyl groups is 1. The smallest absolute Gasteiger partial charge is 0.277 e. The van der Waals surface area contributed by atoms with E-state index in [-0.39, 0.29) is 24.7 Å². The summed E-state index contributed by atoms with van der Waals surface area (Å²) in [7, 11) is 0. The highest BCUT2D eigenvalue weighted by molar-refractivity contribution is 6.04. The lowest BCUT2D eigenvalue weighted by Crippen LogP contribution is -2.20. The first-order valence-corrected chi connectivity index (χ1v) is 9.21. The standard InChI is InChI=1S/C19H24N6O4/c1-19(2,3)16(27)14-9-12-8-13(10-20-17(12)22-14)21-18(28)15-11-25(24-23-15)4-6-29-7-5-26/h8-11,26H,4-7H2,1-3H3,(H,20,22)(H,21,28). The number of nitrogens with zero attached hydrogens (tertiary/aromatic N) is 4. The highest BCUT2D eigenvalue weighted by Gasteiger charge is 2.24. The number of anilines is 1. The van der Waals surface area contributed by atoms with Gasteiger partial charge in [0.05, 0.1) is 50.1 Å². The van der Waals surface area contributed by atoms with Crippen LogP contribution in [-0.4, -0.2) is 61.6 Å². The zero-order chi connectivity index (χ0) is 21.0. The molecule has 3 heterocycles. The number of fused-ring (bicyclic) bond motifs is 1. The molecule has 10 heteroatoms. The fourth-order valence-electron chi connectivity index (χ4n) is 2.64. The van der Waals surface area contributed by atoms with Crippen LogP contribution in [0.3, 0.4) is 0 Å². The van der Waals surface area contributed by atoms with E-state index in [0.717, 1.165) is 5.39 Å². The van der Waals surface area contributed by atoms with Crippen LogP contribution in [0.15, 0.2) is 24.5 Å². The number of carbonyl (C=O) groups excluding carboxylic acids is 2. The Kier molecular flexibility index (Phi) is 6.04. The summed E-state index contributed by atoms with van der Waals surface area (Å²) in [5.74, 6) is -0.434. The number of Topliss-reactive ketones (excluding diaryl/α,β-unsaturated/α-hetero) is 1. The first kappa shape index (κ1) is 20.6. The van der Waals surface area contributed by atoms with Crippen LogP contribution in [0.2, 0.25) is 0 Å². The Morgan fingerprint density at radius 1 is 1.28 bits per heavy atom. The van der Waals surface area contributed by atoms with Gasteiger partial charge in [-0.1, -0.05) is 26.0 Å². The number of aliphatic hydroxyl groups excluding tert-OH is 1. The average molecular weight is 400 g/mol. The molecule has 0 aromatic carbocycles. The van der Waals surface area contributed by atoms with Crippen molar-refractivity contribution in [3.63, 3.8) is 0 Å². The molecule has 0 saturated carbocycles. The lowest BCUT2D eigenvalue weighted by molar-refractivity contribution is 0.0851. The van der Waals surface area contributed by atoms with Gasteiger partial charge in [-0.3, -0.25) is 9.59 Å². The Bertz CT molecular complexity index is 1020. The zero-order valence-electron chi connectivity index (χ0n) is 16.6. The van der Waals surface area contributed by atoms with Gasteiger partial charge >= 0.3 is 0 Å². The predicted molar refractivity (Wildman–Crippen MR) is 106 cm³/mol. The van der Waals surface area contributed by atoms with Gasteiger partial charge in [-0.15, -0.1) is 5.10 Å². The van der Waals surface area contributed by atoms with Crippen LogP contribution in [0.5, 0.6) is 0 Å². The molecule has 3 rings (SSSR count). The van der Waals surface area contributed by atoms with Gasteiger partial charge in [0.1, 0.15) is 5.65 Å². The highest BCUT2D eigenvalue weighted by atomic mass is 16.5. The first-order chi connectivity index (χ1) is 13.8. The number of rotatable bonds is 8. The van der Waals surface area contributed by atoms with Gasteiger partial charge in [0.25, 0.3) is 5.91 Å². The van der Waals surface area contributed by atoms with Crippen molar-refractivity contribution in [2.45, 2.75) is 27.3 Å². The quantitative estimate of drug-likeness (QED) is 0.386. The molecule has 0 aliphatic heterocycles. The normalized spacial score (nSPS) is 11.7. The lowest BCUT2D eigenvalue weighted by Gasteiger charge is -2.14. The summed E-state index contributed by atoms with van der Waals surface area (Å²) in [5, 5.41) is 19.9. The Labute approximate surface area is 167 Å². The molecule has 1 amide bonds. The molecule has 0 radical (unpaired) electrons. The monoisotopic (exact) mass is 400 g/mol. The van der Waals surface area contributed by atoms with Gasteiger partial charge in [-0.2, -0.15) is 0 Å². The number of H-pyrrole nitrogens is 1. The van der Waals surface area contributed by atoms with Crippen LogP contribution in [-0.2, 0) is 11.3 Å². The SMILES string of the molecule is CC(C)(C)C(=O)c1cc2cc(NC(=O)c3cn(CCOCCO)nn3)cnc2[nH]1. The summed E-state index contributed by atoms with van der Waals surface area (Å²) in [6, 6.07) is 3.47. The number of nitrogens with one attached hydrogen (secondary N) is 2. The molecule has 0 saturated heterocycles. The van der Waals surface area contributed by atoms with Gasteiger partial charge in [0.2, 0.25) is 0 Å². The number of carbonyl (C=O) groups is 2. The predicted octanol–water partition coefficient (Wildman–Crippen LogP) is 1.64. The summed E-state index contributed by atoms with van der Waals surface area (Å²) < 4.78 is 6.65. The molecule has 10 nitrogen and oxygen atoms in total. The van der Waals surface area contributed by atoms with Gasteiger partial charge < -0.3 is 20.1 Å². The number of ketones is 1. The second kappa shape index (κ2) is 8.50. The Hall–Kier alpha value is -3.11. The van der Waals surface area contributed by atoms with Crippen molar-refractivity contribution in [3.05, 3.63) is 35.9 Å². The van der Waals surface area contributed by atoms with Crippen molar-refractivity contribution in [1.29, 1.82) is 0 Å². The summed E-state index contributed by atoms with van der Waals surface area (Å²) in [6.07, 6.45) is 3.02. The number of hydrogen-bond donors (Lipinski definition) is 3. The molecule has 154 valence electrons. The fraction of sp³-hybridized carbons (Fsp3) is 0.421. The molecule has 0 atom stereocenters. The largest absolute Gasteiger partial charge is 0.394 e. The number of hydrogen-bond acceptors (Lipinski definition) is 7. The van der Waals surface area contributed by atoms with E-state index in [1.54, 1.807) is 12.1 Å². The van der Waals surface area contributed by atoms with Crippen molar-refractivity contribution in [3.8, 4) is 0 Å². The number of aromatic nitrogens is 5. The van der Waals surface area contributed by atoms with E-state index in [9.17, 15) is 9.59 Å². The topological polar surface area (TPSA) is 135 Å². The molecule has 0 fully saturated rings. The lowest BCUT2D eigenvalue weighted by atomic mass is 9.89. The van der Waals surface area contributed by atoms with Crippen molar-refractivity contribution in [2.24, 2.45) is 5.41 Å². The number of amides is 1. The zero-order valence-corrected chi connectivity index (χ0v) is 16.6. The average Bonchev–Trinajstić information content (AvgIpc) is 3.30. The maximum atomic E-state index is 12.4. The molecule has 0 aliphatic rings. The highest BCUT2D eigenvalue weighted by Crippen LogP contribution is 2.24. The van der Waals surface area contributed by atoms with Gasteiger partial charge in [-0.25, -0.2) is 9.67 Å². The third-order valence-corrected chi connectivity index (χ3v) is 4.13. The van der Waals surface area contributed by atoms with E-state index < -0.39 is 11.3 Å². The minimum Gasteiger partial charge on any atom is -0.394 e. The summed E-state index contributed by atoms with van der Waals surface area (Å²) >= 11 is 0. The number of ether oxygens (including phenoxy) is 1. The van der Waals surface area contributed by atoms with Crippen molar-refractivity contribution < 1.29 is 19.4 Å². The number of pyridine rings is 1. The molecule has 0 aliphatic carbocycles. The molecule has 3 N–H and O–H groups in total. The molecule has 3 aromatic heterocycles. The van der Waals surface area contributed by atoms with Crippen molar-refractivity contribution in [2.75, 3.05) is 25.1 Å². The maximum absolute atomic E-state index is 12.4. The van der Waals surface area contributed by atoms with Crippen LogP contribution < -0.4 is 5.32 Å². The van der Waals surface area contributed by atoms with Gasteiger partial charge in [0.15, 0.2) is 11.5 Å². The maximum Gasteiger partial charge on any atom is 0.277 e. The third kappa shape index (κ3) is 5.04. The minimum atomic E-state index is -0.507.